The summed E-state index contributed by atoms with van der Waals surface area (Å²) in [5, 5.41) is 0. The standard InChI is InChI=1S/C23H24F2N2O2/c1-29-20-5-3-15(4-6-20)13-26-14-17-11-21(16-9-18(24)12-19(25)10-16)27-8-2-7-23(17,27)22(26)28/h3-6,9-10,12,17,21H,2,7-8,11,13-14H2,1H3/t17-,21-,23-/m0/s1. The summed E-state index contributed by atoms with van der Waals surface area (Å²) in [7, 11) is 1.63. The molecule has 152 valence electrons. The molecule has 5 rings (SSSR count). The van der Waals surface area contributed by atoms with Crippen molar-refractivity contribution in [3.63, 3.8) is 0 Å². The number of amides is 1. The number of nitrogens with zero attached hydrogens (tertiary/aromatic N) is 2. The van der Waals surface area contributed by atoms with Crippen molar-refractivity contribution in [2.24, 2.45) is 5.92 Å². The molecule has 2 aromatic carbocycles. The molecule has 0 saturated carbocycles. The third-order valence-corrected chi connectivity index (χ3v) is 6.93. The summed E-state index contributed by atoms with van der Waals surface area (Å²) in [6, 6.07) is 11.4. The predicted molar refractivity (Wildman–Crippen MR) is 104 cm³/mol. The number of hydrogen-bond acceptors (Lipinski definition) is 3. The van der Waals surface area contributed by atoms with E-state index in [0.29, 0.717) is 18.7 Å². The first-order valence-corrected chi connectivity index (χ1v) is 10.2. The average Bonchev–Trinajstić information content (AvgIpc) is 3.33. The smallest absolute Gasteiger partial charge is 0.243 e. The molecule has 3 fully saturated rings. The van der Waals surface area contributed by atoms with Crippen LogP contribution in [-0.2, 0) is 11.3 Å². The lowest BCUT2D eigenvalue weighted by Crippen LogP contribution is -2.49. The van der Waals surface area contributed by atoms with Crippen LogP contribution < -0.4 is 4.74 Å². The Morgan fingerprint density at radius 2 is 1.86 bits per heavy atom. The second-order valence-corrected chi connectivity index (χ2v) is 8.41. The van der Waals surface area contributed by atoms with Crippen LogP contribution in [0.5, 0.6) is 5.75 Å². The van der Waals surface area contributed by atoms with E-state index in [4.69, 9.17) is 4.74 Å². The highest BCUT2D eigenvalue weighted by Gasteiger charge is 2.65. The minimum absolute atomic E-state index is 0.0974. The SMILES string of the molecule is COc1ccc(CN2C[C@@H]3C[C@@H](c4cc(F)cc(F)c4)N4CCC[C@@]34C2=O)cc1. The van der Waals surface area contributed by atoms with Crippen molar-refractivity contribution in [1.82, 2.24) is 9.80 Å². The van der Waals surface area contributed by atoms with Crippen molar-refractivity contribution < 1.29 is 18.3 Å². The zero-order valence-electron chi connectivity index (χ0n) is 16.4. The van der Waals surface area contributed by atoms with Gasteiger partial charge in [0.25, 0.3) is 0 Å². The van der Waals surface area contributed by atoms with E-state index >= 15 is 0 Å². The fraction of sp³-hybridized carbons (Fsp3) is 0.435. The minimum Gasteiger partial charge on any atom is -0.497 e. The maximum absolute atomic E-state index is 13.8. The van der Waals surface area contributed by atoms with Gasteiger partial charge >= 0.3 is 0 Å². The second kappa shape index (κ2) is 6.80. The zero-order valence-corrected chi connectivity index (χ0v) is 16.4. The zero-order chi connectivity index (χ0) is 20.2. The van der Waals surface area contributed by atoms with Crippen molar-refractivity contribution in [3.8, 4) is 5.75 Å². The van der Waals surface area contributed by atoms with E-state index in [1.807, 2.05) is 29.2 Å². The molecule has 29 heavy (non-hydrogen) atoms. The molecule has 3 aliphatic rings. The minimum atomic E-state index is -0.558. The Bertz CT molecular complexity index is 928. The summed E-state index contributed by atoms with van der Waals surface area (Å²) in [4.78, 5) is 17.7. The average molecular weight is 398 g/mol. The van der Waals surface area contributed by atoms with Gasteiger partial charge in [0.05, 0.1) is 7.11 Å². The van der Waals surface area contributed by atoms with Crippen LogP contribution >= 0.6 is 0 Å². The Labute approximate surface area is 169 Å². The number of halogens is 2. The van der Waals surface area contributed by atoms with Crippen molar-refractivity contribution in [2.45, 2.75) is 37.4 Å². The van der Waals surface area contributed by atoms with Gasteiger partial charge in [-0.05, 0) is 61.2 Å². The third kappa shape index (κ3) is 2.84. The summed E-state index contributed by atoms with van der Waals surface area (Å²) in [6.45, 7) is 2.06. The quantitative estimate of drug-likeness (QED) is 0.783. The number of carbonyl (C=O) groups excluding carboxylic acids is 1. The van der Waals surface area contributed by atoms with Gasteiger partial charge in [-0.2, -0.15) is 0 Å². The summed E-state index contributed by atoms with van der Waals surface area (Å²) < 4.78 is 32.8. The fourth-order valence-corrected chi connectivity index (χ4v) is 5.75. The molecule has 4 nitrogen and oxygen atoms in total. The lowest BCUT2D eigenvalue weighted by atomic mass is 9.85. The van der Waals surface area contributed by atoms with Crippen LogP contribution in [0, 0.1) is 17.6 Å². The normalized spacial score (nSPS) is 28.7. The molecule has 3 aliphatic heterocycles. The topological polar surface area (TPSA) is 32.8 Å². The van der Waals surface area contributed by atoms with E-state index in [0.717, 1.165) is 43.2 Å². The van der Waals surface area contributed by atoms with E-state index in [-0.39, 0.29) is 17.9 Å². The lowest BCUT2D eigenvalue weighted by molar-refractivity contribution is -0.137. The highest BCUT2D eigenvalue weighted by atomic mass is 19.1. The maximum atomic E-state index is 13.8. The van der Waals surface area contributed by atoms with Crippen LogP contribution in [0.15, 0.2) is 42.5 Å². The number of rotatable bonds is 4. The molecule has 0 aliphatic carbocycles. The lowest BCUT2D eigenvalue weighted by Gasteiger charge is -2.33. The van der Waals surface area contributed by atoms with Gasteiger partial charge < -0.3 is 9.64 Å². The van der Waals surface area contributed by atoms with Gasteiger partial charge in [-0.1, -0.05) is 12.1 Å². The molecular formula is C23H24F2N2O2. The van der Waals surface area contributed by atoms with E-state index in [2.05, 4.69) is 4.90 Å². The van der Waals surface area contributed by atoms with Crippen LogP contribution in [0.3, 0.4) is 0 Å². The first-order chi connectivity index (χ1) is 14.0. The van der Waals surface area contributed by atoms with Crippen molar-refractivity contribution in [2.75, 3.05) is 20.2 Å². The van der Waals surface area contributed by atoms with E-state index in [9.17, 15) is 13.6 Å². The second-order valence-electron chi connectivity index (χ2n) is 8.41. The van der Waals surface area contributed by atoms with Gasteiger partial charge in [-0.3, -0.25) is 9.69 Å². The van der Waals surface area contributed by atoms with Crippen molar-refractivity contribution in [3.05, 3.63) is 65.2 Å². The first-order valence-electron chi connectivity index (χ1n) is 10.2. The van der Waals surface area contributed by atoms with Gasteiger partial charge in [0.15, 0.2) is 0 Å². The molecule has 3 heterocycles. The highest BCUT2D eigenvalue weighted by molar-refractivity contribution is 5.90. The Kier molecular flexibility index (Phi) is 4.35. The van der Waals surface area contributed by atoms with Crippen LogP contribution in [0.25, 0.3) is 0 Å². The monoisotopic (exact) mass is 398 g/mol. The largest absolute Gasteiger partial charge is 0.497 e. The number of likely N-dealkylation sites (tertiary alicyclic amines) is 1. The summed E-state index contributed by atoms with van der Waals surface area (Å²) in [5.41, 5.74) is 1.21. The molecular weight excluding hydrogens is 374 g/mol. The number of hydrogen-bond donors (Lipinski definition) is 0. The maximum Gasteiger partial charge on any atom is 0.243 e. The van der Waals surface area contributed by atoms with Gasteiger partial charge in [-0.25, -0.2) is 8.78 Å². The number of benzene rings is 2. The molecule has 1 spiro atoms. The van der Waals surface area contributed by atoms with Crippen LogP contribution in [0.2, 0.25) is 0 Å². The summed E-state index contributed by atoms with van der Waals surface area (Å²) in [5.74, 6) is 0.0295. The van der Waals surface area contributed by atoms with Gasteiger partial charge in [0.1, 0.15) is 22.9 Å². The van der Waals surface area contributed by atoms with Crippen molar-refractivity contribution in [1.29, 1.82) is 0 Å². The molecule has 1 amide bonds. The predicted octanol–water partition coefficient (Wildman–Crippen LogP) is 3.91. The van der Waals surface area contributed by atoms with E-state index in [1.165, 1.54) is 12.1 Å². The number of methoxy groups -OCH3 is 1. The molecule has 2 aromatic rings. The fourth-order valence-electron chi connectivity index (χ4n) is 5.75. The third-order valence-electron chi connectivity index (χ3n) is 6.93. The molecule has 3 atom stereocenters. The molecule has 0 aromatic heterocycles. The van der Waals surface area contributed by atoms with Gasteiger partial charge in [0.2, 0.25) is 5.91 Å². The Balaban J connectivity index is 1.40. The van der Waals surface area contributed by atoms with E-state index in [1.54, 1.807) is 7.11 Å². The molecule has 0 unspecified atom stereocenters. The van der Waals surface area contributed by atoms with Gasteiger partial charge in [-0.15, -0.1) is 0 Å². The van der Waals surface area contributed by atoms with Crippen LogP contribution in [0.4, 0.5) is 8.78 Å². The van der Waals surface area contributed by atoms with E-state index < -0.39 is 17.2 Å². The summed E-state index contributed by atoms with van der Waals surface area (Å²) in [6.07, 6.45) is 2.52. The Morgan fingerprint density at radius 3 is 2.55 bits per heavy atom. The molecule has 0 radical (unpaired) electrons. The molecule has 0 N–H and O–H groups in total. The number of ether oxygens (including phenoxy) is 1. The first kappa shape index (κ1) is 18.6. The van der Waals surface area contributed by atoms with Gasteiger partial charge in [0, 0.05) is 31.1 Å². The highest BCUT2D eigenvalue weighted by Crippen LogP contribution is 2.56. The van der Waals surface area contributed by atoms with Crippen LogP contribution in [0.1, 0.15) is 36.4 Å². The van der Waals surface area contributed by atoms with Crippen LogP contribution in [-0.4, -0.2) is 41.4 Å². The Hall–Kier alpha value is -2.47. The number of carbonyl (C=O) groups is 1. The molecule has 3 saturated heterocycles. The molecule has 6 heteroatoms. The molecule has 0 bridgehead atoms. The van der Waals surface area contributed by atoms with Crippen molar-refractivity contribution >= 4 is 5.91 Å². The Morgan fingerprint density at radius 1 is 1.14 bits per heavy atom. The summed E-state index contributed by atoms with van der Waals surface area (Å²) >= 11 is 0.